The number of nitrogens with one attached hydrogen (secondary N) is 1. The Morgan fingerprint density at radius 3 is 2.20 bits per heavy atom. The molecule has 4 nitrogen and oxygen atoms in total. The first-order valence-corrected chi connectivity index (χ1v) is 5.26. The van der Waals surface area contributed by atoms with Gasteiger partial charge in [0.1, 0.15) is 5.78 Å². The Morgan fingerprint density at radius 2 is 1.80 bits per heavy atom. The largest absolute Gasteiger partial charge is 0.346 e. The molecule has 15 heavy (non-hydrogen) atoms. The minimum absolute atomic E-state index is 0.0552. The van der Waals surface area contributed by atoms with Crippen LogP contribution in [-0.4, -0.2) is 23.5 Å². The number of amides is 1. The molecule has 0 aliphatic heterocycles. The van der Waals surface area contributed by atoms with E-state index in [0.717, 1.165) is 0 Å². The van der Waals surface area contributed by atoms with E-state index in [0.29, 0.717) is 25.7 Å². The van der Waals surface area contributed by atoms with E-state index in [2.05, 4.69) is 5.32 Å². The van der Waals surface area contributed by atoms with E-state index in [9.17, 15) is 14.4 Å². The quantitative estimate of drug-likeness (QED) is 0.691. The van der Waals surface area contributed by atoms with Crippen molar-refractivity contribution >= 4 is 17.5 Å². The fraction of sp³-hybridized carbons (Fsp3) is 0.727. The molecule has 1 atom stereocenters. The fourth-order valence-electron chi connectivity index (χ4n) is 1.23. The van der Waals surface area contributed by atoms with Gasteiger partial charge in [-0.25, -0.2) is 0 Å². The maximum atomic E-state index is 11.2. The molecule has 0 aromatic heterocycles. The molecule has 0 bridgehead atoms. The number of carbonyl (C=O) groups is 3. The van der Waals surface area contributed by atoms with Crippen molar-refractivity contribution in [2.75, 3.05) is 0 Å². The van der Waals surface area contributed by atoms with Gasteiger partial charge in [0.25, 0.3) is 0 Å². The van der Waals surface area contributed by atoms with Crippen LogP contribution in [0.2, 0.25) is 0 Å². The molecule has 86 valence electrons. The van der Waals surface area contributed by atoms with E-state index in [4.69, 9.17) is 0 Å². The Hall–Kier alpha value is -1.19. The van der Waals surface area contributed by atoms with Gasteiger partial charge < -0.3 is 10.1 Å². The molecule has 0 saturated carbocycles. The lowest BCUT2D eigenvalue weighted by Crippen LogP contribution is -2.39. The summed E-state index contributed by atoms with van der Waals surface area (Å²) in [7, 11) is 0. The lowest BCUT2D eigenvalue weighted by molar-refractivity contribution is -0.126. The first-order valence-electron chi connectivity index (χ1n) is 5.26. The molecule has 0 spiro atoms. The SMILES string of the molecule is CCC(=O)N[C@@H](CCCC(C)=O)C(C)=O. The molecule has 0 radical (unpaired) electrons. The second-order valence-electron chi connectivity index (χ2n) is 3.68. The summed E-state index contributed by atoms with van der Waals surface area (Å²) in [4.78, 5) is 33.0. The minimum atomic E-state index is -0.434. The van der Waals surface area contributed by atoms with Crippen molar-refractivity contribution < 1.29 is 14.4 Å². The Bertz CT molecular complexity index is 248. The summed E-state index contributed by atoms with van der Waals surface area (Å²) < 4.78 is 0. The summed E-state index contributed by atoms with van der Waals surface area (Å²) in [6.07, 6.45) is 2.02. The number of hydrogen-bond acceptors (Lipinski definition) is 3. The van der Waals surface area contributed by atoms with Crippen LogP contribution in [-0.2, 0) is 14.4 Å². The summed E-state index contributed by atoms with van der Waals surface area (Å²) in [6.45, 7) is 4.71. The molecule has 1 N–H and O–H groups in total. The highest BCUT2D eigenvalue weighted by molar-refractivity contribution is 5.87. The Labute approximate surface area is 90.4 Å². The van der Waals surface area contributed by atoms with Gasteiger partial charge in [0.2, 0.25) is 5.91 Å². The van der Waals surface area contributed by atoms with Crippen LogP contribution >= 0.6 is 0 Å². The first-order chi connectivity index (χ1) is 6.97. The number of carbonyl (C=O) groups excluding carboxylic acids is 3. The van der Waals surface area contributed by atoms with Crippen LogP contribution in [0.25, 0.3) is 0 Å². The van der Waals surface area contributed by atoms with Crippen LogP contribution in [0.15, 0.2) is 0 Å². The molecular formula is C11H19NO3. The Kier molecular flexibility index (Phi) is 6.58. The van der Waals surface area contributed by atoms with E-state index in [1.807, 2.05) is 0 Å². The topological polar surface area (TPSA) is 63.2 Å². The highest BCUT2D eigenvalue weighted by atomic mass is 16.2. The molecule has 4 heteroatoms. The lowest BCUT2D eigenvalue weighted by atomic mass is 10.0. The van der Waals surface area contributed by atoms with Gasteiger partial charge in [0.15, 0.2) is 5.78 Å². The third-order valence-corrected chi connectivity index (χ3v) is 2.17. The van der Waals surface area contributed by atoms with Crippen molar-refractivity contribution in [2.45, 2.75) is 52.5 Å². The van der Waals surface area contributed by atoms with E-state index < -0.39 is 6.04 Å². The zero-order chi connectivity index (χ0) is 11.8. The van der Waals surface area contributed by atoms with Crippen LogP contribution in [0.1, 0.15) is 46.5 Å². The first kappa shape index (κ1) is 13.8. The third kappa shape index (κ3) is 6.82. The molecule has 1 amide bonds. The molecule has 0 aliphatic carbocycles. The van der Waals surface area contributed by atoms with E-state index in [-0.39, 0.29) is 17.5 Å². The molecule has 0 unspecified atom stereocenters. The third-order valence-electron chi connectivity index (χ3n) is 2.17. The van der Waals surface area contributed by atoms with Crippen molar-refractivity contribution in [3.8, 4) is 0 Å². The van der Waals surface area contributed by atoms with Crippen LogP contribution in [0.5, 0.6) is 0 Å². The molecule has 0 aliphatic rings. The summed E-state index contributed by atoms with van der Waals surface area (Å²) in [5.41, 5.74) is 0. The zero-order valence-electron chi connectivity index (χ0n) is 9.63. The normalized spacial score (nSPS) is 11.9. The smallest absolute Gasteiger partial charge is 0.220 e. The van der Waals surface area contributed by atoms with E-state index >= 15 is 0 Å². The average Bonchev–Trinajstić information content (AvgIpc) is 2.15. The lowest BCUT2D eigenvalue weighted by Gasteiger charge is -2.14. The van der Waals surface area contributed by atoms with Gasteiger partial charge in [0, 0.05) is 12.8 Å². The standard InChI is InChI=1S/C11H19NO3/c1-4-11(15)12-10(9(3)14)7-5-6-8(2)13/h10H,4-7H2,1-3H3,(H,12,15)/t10-/m0/s1. The Balaban J connectivity index is 4.00. The highest BCUT2D eigenvalue weighted by Gasteiger charge is 2.15. The van der Waals surface area contributed by atoms with Gasteiger partial charge in [-0.3, -0.25) is 9.59 Å². The number of hydrogen-bond donors (Lipinski definition) is 1. The minimum Gasteiger partial charge on any atom is -0.346 e. The van der Waals surface area contributed by atoms with Crippen molar-refractivity contribution in [1.82, 2.24) is 5.32 Å². The molecule has 0 aromatic carbocycles. The van der Waals surface area contributed by atoms with Gasteiger partial charge in [-0.15, -0.1) is 0 Å². The van der Waals surface area contributed by atoms with Gasteiger partial charge in [-0.05, 0) is 26.7 Å². The summed E-state index contributed by atoms with van der Waals surface area (Å²) >= 11 is 0. The average molecular weight is 213 g/mol. The van der Waals surface area contributed by atoms with Crippen LogP contribution in [0, 0.1) is 0 Å². The number of Topliss-reactive ketones (excluding diaryl/α,β-unsaturated/α-hetero) is 2. The monoisotopic (exact) mass is 213 g/mol. The molecule has 0 heterocycles. The van der Waals surface area contributed by atoms with E-state index in [1.54, 1.807) is 6.92 Å². The van der Waals surface area contributed by atoms with Gasteiger partial charge in [-0.2, -0.15) is 0 Å². The highest BCUT2D eigenvalue weighted by Crippen LogP contribution is 2.03. The summed E-state index contributed by atoms with van der Waals surface area (Å²) in [5, 5.41) is 2.64. The number of rotatable bonds is 7. The second-order valence-corrected chi connectivity index (χ2v) is 3.68. The predicted molar refractivity (Wildman–Crippen MR) is 57.4 cm³/mol. The summed E-state index contributed by atoms with van der Waals surface area (Å²) in [6, 6.07) is -0.434. The van der Waals surface area contributed by atoms with Gasteiger partial charge in [-0.1, -0.05) is 6.92 Å². The van der Waals surface area contributed by atoms with Gasteiger partial charge >= 0.3 is 0 Å². The predicted octanol–water partition coefficient (Wildman–Crippen LogP) is 1.23. The molecule has 0 saturated heterocycles. The zero-order valence-corrected chi connectivity index (χ0v) is 9.63. The second kappa shape index (κ2) is 7.15. The Morgan fingerprint density at radius 1 is 1.20 bits per heavy atom. The maximum absolute atomic E-state index is 11.2. The van der Waals surface area contributed by atoms with Crippen LogP contribution in [0.4, 0.5) is 0 Å². The van der Waals surface area contributed by atoms with Crippen molar-refractivity contribution in [3.05, 3.63) is 0 Å². The van der Waals surface area contributed by atoms with E-state index in [1.165, 1.54) is 13.8 Å². The summed E-state index contributed by atoms with van der Waals surface area (Å²) in [5.74, 6) is -0.0718. The molecule has 0 fully saturated rings. The van der Waals surface area contributed by atoms with Crippen LogP contribution in [0.3, 0.4) is 0 Å². The van der Waals surface area contributed by atoms with Gasteiger partial charge in [0.05, 0.1) is 6.04 Å². The van der Waals surface area contributed by atoms with Crippen LogP contribution < -0.4 is 5.32 Å². The molecule has 0 rings (SSSR count). The number of ketones is 2. The van der Waals surface area contributed by atoms with Crippen molar-refractivity contribution in [1.29, 1.82) is 0 Å². The van der Waals surface area contributed by atoms with Crippen molar-refractivity contribution in [3.63, 3.8) is 0 Å². The molecule has 0 aromatic rings. The molecular weight excluding hydrogens is 194 g/mol. The maximum Gasteiger partial charge on any atom is 0.220 e. The fourth-order valence-corrected chi connectivity index (χ4v) is 1.23. The van der Waals surface area contributed by atoms with Crippen molar-refractivity contribution in [2.24, 2.45) is 0 Å².